The Bertz CT molecular complexity index is 274. The van der Waals surface area contributed by atoms with Crippen molar-refractivity contribution in [3.05, 3.63) is 0 Å². The molecular formula is C13H22BrF2NO. The zero-order valence-corrected chi connectivity index (χ0v) is 12.5. The highest BCUT2D eigenvalue weighted by atomic mass is 79.9. The molecule has 1 aliphatic rings. The molecule has 1 fully saturated rings. The highest BCUT2D eigenvalue weighted by Gasteiger charge is 2.40. The van der Waals surface area contributed by atoms with Crippen molar-refractivity contribution in [3.63, 3.8) is 0 Å². The number of carbonyl (C=O) groups excluding carboxylic acids is 1. The summed E-state index contributed by atoms with van der Waals surface area (Å²) in [7, 11) is 0. The zero-order chi connectivity index (χ0) is 13.6. The van der Waals surface area contributed by atoms with Gasteiger partial charge in [0.2, 0.25) is 11.8 Å². The first kappa shape index (κ1) is 15.9. The van der Waals surface area contributed by atoms with Crippen LogP contribution in [0, 0.1) is 5.92 Å². The van der Waals surface area contributed by atoms with Crippen molar-refractivity contribution >= 4 is 21.8 Å². The van der Waals surface area contributed by atoms with Crippen molar-refractivity contribution < 1.29 is 13.6 Å². The largest absolute Gasteiger partial charge is 0.342 e. The number of carbonyl (C=O) groups is 1. The van der Waals surface area contributed by atoms with E-state index < -0.39 is 11.8 Å². The molecule has 0 radical (unpaired) electrons. The molecule has 0 N–H and O–H groups in total. The second-order valence-electron chi connectivity index (χ2n) is 5.02. The van der Waals surface area contributed by atoms with Crippen LogP contribution in [-0.4, -0.2) is 35.1 Å². The van der Waals surface area contributed by atoms with E-state index in [0.717, 1.165) is 12.8 Å². The summed E-state index contributed by atoms with van der Waals surface area (Å²) in [6.45, 7) is 3.36. The molecule has 0 saturated heterocycles. The van der Waals surface area contributed by atoms with Gasteiger partial charge in [0.15, 0.2) is 0 Å². The predicted molar refractivity (Wildman–Crippen MR) is 72.2 cm³/mol. The topological polar surface area (TPSA) is 20.3 Å². The van der Waals surface area contributed by atoms with Crippen LogP contribution in [0.4, 0.5) is 8.78 Å². The van der Waals surface area contributed by atoms with Gasteiger partial charge in [-0.1, -0.05) is 29.3 Å². The standard InChI is InChI=1S/C13H22BrF2NO/c1-2-3-8-17(9-7-14)12(18)11-5-4-6-13(15,16)10-11/h11H,2-10H2,1H3. The average Bonchev–Trinajstić information content (AvgIpc) is 2.32. The first-order valence-corrected chi connectivity index (χ1v) is 7.85. The molecule has 0 spiro atoms. The monoisotopic (exact) mass is 325 g/mol. The maximum Gasteiger partial charge on any atom is 0.248 e. The first-order valence-electron chi connectivity index (χ1n) is 6.72. The zero-order valence-electron chi connectivity index (χ0n) is 10.9. The molecule has 2 nitrogen and oxygen atoms in total. The third kappa shape index (κ3) is 4.82. The van der Waals surface area contributed by atoms with Crippen LogP contribution in [0.5, 0.6) is 0 Å². The number of amides is 1. The molecular weight excluding hydrogens is 304 g/mol. The molecule has 0 aromatic heterocycles. The van der Waals surface area contributed by atoms with Gasteiger partial charge in [0, 0.05) is 37.2 Å². The van der Waals surface area contributed by atoms with Crippen LogP contribution in [0.3, 0.4) is 0 Å². The van der Waals surface area contributed by atoms with Gasteiger partial charge >= 0.3 is 0 Å². The Hall–Kier alpha value is -0.190. The maximum atomic E-state index is 13.3. The summed E-state index contributed by atoms with van der Waals surface area (Å²) in [5, 5.41) is 0.700. The number of hydrogen-bond acceptors (Lipinski definition) is 1. The fourth-order valence-corrected chi connectivity index (χ4v) is 2.85. The molecule has 5 heteroatoms. The Morgan fingerprint density at radius 2 is 2.17 bits per heavy atom. The van der Waals surface area contributed by atoms with E-state index in [9.17, 15) is 13.6 Å². The van der Waals surface area contributed by atoms with Crippen LogP contribution in [0.2, 0.25) is 0 Å². The predicted octanol–water partition coefficient (Wildman–Crippen LogP) is 3.84. The minimum absolute atomic E-state index is 0.0653. The normalized spacial score (nSPS) is 22.8. The van der Waals surface area contributed by atoms with Crippen LogP contribution in [-0.2, 0) is 4.79 Å². The Labute approximate surface area is 116 Å². The third-order valence-corrected chi connectivity index (χ3v) is 3.79. The molecule has 1 atom stereocenters. The minimum Gasteiger partial charge on any atom is -0.342 e. The molecule has 18 heavy (non-hydrogen) atoms. The van der Waals surface area contributed by atoms with Gasteiger partial charge in [0.1, 0.15) is 0 Å². The molecule has 1 rings (SSSR count). The lowest BCUT2D eigenvalue weighted by atomic mass is 9.85. The fourth-order valence-electron chi connectivity index (χ4n) is 2.42. The van der Waals surface area contributed by atoms with E-state index >= 15 is 0 Å². The van der Waals surface area contributed by atoms with Gasteiger partial charge in [-0.15, -0.1) is 0 Å². The van der Waals surface area contributed by atoms with Gasteiger partial charge < -0.3 is 4.90 Å². The van der Waals surface area contributed by atoms with E-state index in [-0.39, 0.29) is 18.7 Å². The van der Waals surface area contributed by atoms with Crippen molar-refractivity contribution in [2.75, 3.05) is 18.4 Å². The Morgan fingerprint density at radius 3 is 2.72 bits per heavy atom. The molecule has 0 heterocycles. The number of nitrogens with zero attached hydrogens (tertiary/aromatic N) is 1. The van der Waals surface area contributed by atoms with Crippen molar-refractivity contribution in [1.29, 1.82) is 0 Å². The maximum absolute atomic E-state index is 13.3. The Balaban J connectivity index is 2.58. The van der Waals surface area contributed by atoms with Gasteiger partial charge in [-0.2, -0.15) is 0 Å². The second kappa shape index (κ2) is 7.41. The lowest BCUT2D eigenvalue weighted by Gasteiger charge is -2.32. The van der Waals surface area contributed by atoms with Gasteiger partial charge in [-0.05, 0) is 19.3 Å². The van der Waals surface area contributed by atoms with Crippen LogP contribution < -0.4 is 0 Å². The quantitative estimate of drug-likeness (QED) is 0.679. The molecule has 0 aromatic rings. The molecule has 0 aliphatic heterocycles. The molecule has 1 saturated carbocycles. The summed E-state index contributed by atoms with van der Waals surface area (Å²) in [6.07, 6.45) is 2.67. The highest BCUT2D eigenvalue weighted by molar-refractivity contribution is 9.09. The van der Waals surface area contributed by atoms with E-state index in [1.54, 1.807) is 4.90 Å². The summed E-state index contributed by atoms with van der Waals surface area (Å²) >= 11 is 3.31. The summed E-state index contributed by atoms with van der Waals surface area (Å²) < 4.78 is 26.7. The smallest absolute Gasteiger partial charge is 0.248 e. The number of hydrogen-bond donors (Lipinski definition) is 0. The molecule has 1 aliphatic carbocycles. The fraction of sp³-hybridized carbons (Fsp3) is 0.923. The van der Waals surface area contributed by atoms with Crippen LogP contribution in [0.25, 0.3) is 0 Å². The minimum atomic E-state index is -2.65. The van der Waals surface area contributed by atoms with Crippen molar-refractivity contribution in [2.24, 2.45) is 5.92 Å². The van der Waals surface area contributed by atoms with Gasteiger partial charge in [-0.25, -0.2) is 8.78 Å². The summed E-state index contributed by atoms with van der Waals surface area (Å²) in [6, 6.07) is 0. The summed E-state index contributed by atoms with van der Waals surface area (Å²) in [4.78, 5) is 14.0. The average molecular weight is 326 g/mol. The first-order chi connectivity index (χ1) is 8.50. The van der Waals surface area contributed by atoms with Crippen LogP contribution in [0.15, 0.2) is 0 Å². The Kier molecular flexibility index (Phi) is 6.53. The van der Waals surface area contributed by atoms with Gasteiger partial charge in [0.05, 0.1) is 0 Å². The SMILES string of the molecule is CCCCN(CCBr)C(=O)C1CCCC(F)(F)C1. The van der Waals surface area contributed by atoms with Crippen LogP contribution >= 0.6 is 15.9 Å². The van der Waals surface area contributed by atoms with Gasteiger partial charge in [0.25, 0.3) is 0 Å². The second-order valence-corrected chi connectivity index (χ2v) is 5.81. The molecule has 1 unspecified atom stereocenters. The molecule has 106 valence electrons. The third-order valence-electron chi connectivity index (χ3n) is 3.44. The molecule has 0 aromatic carbocycles. The van der Waals surface area contributed by atoms with E-state index in [1.165, 1.54) is 0 Å². The van der Waals surface area contributed by atoms with E-state index in [2.05, 4.69) is 22.9 Å². The van der Waals surface area contributed by atoms with Crippen molar-refractivity contribution in [3.8, 4) is 0 Å². The number of halogens is 3. The number of unbranched alkanes of at least 4 members (excludes halogenated alkanes) is 1. The van der Waals surface area contributed by atoms with Crippen molar-refractivity contribution in [2.45, 2.75) is 51.4 Å². The number of rotatable bonds is 6. The van der Waals surface area contributed by atoms with E-state index in [0.29, 0.717) is 31.3 Å². The molecule has 0 bridgehead atoms. The summed E-state index contributed by atoms with van der Waals surface area (Å²) in [5.41, 5.74) is 0. The Morgan fingerprint density at radius 1 is 1.44 bits per heavy atom. The highest BCUT2D eigenvalue weighted by Crippen LogP contribution is 2.37. The lowest BCUT2D eigenvalue weighted by molar-refractivity contribution is -0.142. The van der Waals surface area contributed by atoms with Gasteiger partial charge in [-0.3, -0.25) is 4.79 Å². The van der Waals surface area contributed by atoms with E-state index in [1.807, 2.05) is 0 Å². The van der Waals surface area contributed by atoms with Crippen LogP contribution in [0.1, 0.15) is 45.4 Å². The summed E-state index contributed by atoms with van der Waals surface area (Å²) in [5.74, 6) is -3.21. The lowest BCUT2D eigenvalue weighted by Crippen LogP contribution is -2.41. The molecule has 1 amide bonds. The van der Waals surface area contributed by atoms with E-state index in [4.69, 9.17) is 0 Å². The number of alkyl halides is 3. The van der Waals surface area contributed by atoms with Crippen molar-refractivity contribution in [1.82, 2.24) is 4.90 Å².